The summed E-state index contributed by atoms with van der Waals surface area (Å²) in [5.74, 6) is 0.176. The third-order valence-electron chi connectivity index (χ3n) is 4.62. The number of carbonyl (C=O) groups excluding carboxylic acids is 1. The molecule has 2 atom stereocenters. The number of amides is 1. The minimum absolute atomic E-state index is 0.176. The number of hydrogen-bond donors (Lipinski definition) is 2. The molecule has 0 saturated heterocycles. The third kappa shape index (κ3) is 2.54. The molecule has 0 bridgehead atoms. The van der Waals surface area contributed by atoms with E-state index in [1.807, 2.05) is 7.05 Å². The maximum Gasteiger partial charge on any atom is 0.221 e. The molecule has 104 valence electrons. The van der Waals surface area contributed by atoms with Crippen molar-refractivity contribution in [3.05, 3.63) is 0 Å². The van der Waals surface area contributed by atoms with E-state index in [0.717, 1.165) is 19.6 Å². The van der Waals surface area contributed by atoms with Gasteiger partial charge in [-0.05, 0) is 33.2 Å². The summed E-state index contributed by atoms with van der Waals surface area (Å²) in [6.07, 6.45) is 6.95. The number of ether oxygens (including phenoxy) is 1. The lowest BCUT2D eigenvalue weighted by molar-refractivity contribution is -0.144. The van der Waals surface area contributed by atoms with Crippen molar-refractivity contribution in [1.29, 1.82) is 0 Å². The molecule has 0 aromatic heterocycles. The summed E-state index contributed by atoms with van der Waals surface area (Å²) in [4.78, 5) is 11.8. The Morgan fingerprint density at radius 3 is 2.72 bits per heavy atom. The molecule has 2 fully saturated rings. The summed E-state index contributed by atoms with van der Waals surface area (Å²) in [7, 11) is 1.88. The maximum absolute atomic E-state index is 11.8. The first-order valence-corrected chi connectivity index (χ1v) is 7.28. The highest BCUT2D eigenvalue weighted by atomic mass is 16.5. The van der Waals surface area contributed by atoms with E-state index in [0.29, 0.717) is 18.6 Å². The highest BCUT2D eigenvalue weighted by Gasteiger charge is 2.57. The Bertz CT molecular complexity index is 288. The van der Waals surface area contributed by atoms with Gasteiger partial charge in [-0.2, -0.15) is 0 Å². The molecule has 4 nitrogen and oxygen atoms in total. The van der Waals surface area contributed by atoms with E-state index >= 15 is 0 Å². The SMILES string of the molecule is CCOC1CC(NC(=O)CCNC)C12CCCC2. The van der Waals surface area contributed by atoms with Crippen LogP contribution in [0, 0.1) is 5.41 Å². The van der Waals surface area contributed by atoms with Gasteiger partial charge in [-0.15, -0.1) is 0 Å². The van der Waals surface area contributed by atoms with Crippen molar-refractivity contribution in [3.8, 4) is 0 Å². The fraction of sp³-hybridized carbons (Fsp3) is 0.929. The van der Waals surface area contributed by atoms with Gasteiger partial charge in [-0.1, -0.05) is 12.8 Å². The van der Waals surface area contributed by atoms with E-state index < -0.39 is 0 Å². The molecule has 4 heteroatoms. The van der Waals surface area contributed by atoms with Crippen molar-refractivity contribution in [3.63, 3.8) is 0 Å². The van der Waals surface area contributed by atoms with E-state index in [9.17, 15) is 4.79 Å². The van der Waals surface area contributed by atoms with Gasteiger partial charge in [0.1, 0.15) is 0 Å². The van der Waals surface area contributed by atoms with Gasteiger partial charge < -0.3 is 15.4 Å². The number of rotatable bonds is 6. The minimum Gasteiger partial charge on any atom is -0.378 e. The van der Waals surface area contributed by atoms with E-state index in [1.165, 1.54) is 25.7 Å². The van der Waals surface area contributed by atoms with Crippen LogP contribution in [0.15, 0.2) is 0 Å². The average Bonchev–Trinajstić information content (AvgIpc) is 2.87. The summed E-state index contributed by atoms with van der Waals surface area (Å²) in [5.41, 5.74) is 0.255. The summed E-state index contributed by atoms with van der Waals surface area (Å²) in [6.45, 7) is 3.59. The van der Waals surface area contributed by atoms with Gasteiger partial charge >= 0.3 is 0 Å². The van der Waals surface area contributed by atoms with E-state index in [4.69, 9.17) is 4.74 Å². The first-order chi connectivity index (χ1) is 8.73. The van der Waals surface area contributed by atoms with Gasteiger partial charge in [-0.3, -0.25) is 4.79 Å². The molecule has 1 amide bonds. The molecule has 1 spiro atoms. The topological polar surface area (TPSA) is 50.4 Å². The van der Waals surface area contributed by atoms with Crippen LogP contribution in [0.1, 0.15) is 45.4 Å². The van der Waals surface area contributed by atoms with Crippen LogP contribution in [0.5, 0.6) is 0 Å². The Kier molecular flexibility index (Phi) is 4.62. The Morgan fingerprint density at radius 2 is 2.11 bits per heavy atom. The van der Waals surface area contributed by atoms with Crippen LogP contribution in [-0.2, 0) is 9.53 Å². The van der Waals surface area contributed by atoms with E-state index in [2.05, 4.69) is 17.6 Å². The standard InChI is InChI=1S/C14H26N2O2/c1-3-18-12-10-11(14(12)7-4-5-8-14)16-13(17)6-9-15-2/h11-12,15H,3-10H2,1-2H3,(H,16,17). The lowest BCUT2D eigenvalue weighted by atomic mass is 9.60. The Labute approximate surface area is 110 Å². The van der Waals surface area contributed by atoms with Crippen molar-refractivity contribution >= 4 is 5.91 Å². The third-order valence-corrected chi connectivity index (χ3v) is 4.62. The summed E-state index contributed by atoms with van der Waals surface area (Å²) < 4.78 is 5.84. The van der Waals surface area contributed by atoms with Crippen molar-refractivity contribution in [1.82, 2.24) is 10.6 Å². The predicted octanol–water partition coefficient (Wildman–Crippen LogP) is 1.45. The molecule has 18 heavy (non-hydrogen) atoms. The number of nitrogens with one attached hydrogen (secondary N) is 2. The first-order valence-electron chi connectivity index (χ1n) is 7.28. The van der Waals surface area contributed by atoms with Gasteiger partial charge in [0.2, 0.25) is 5.91 Å². The van der Waals surface area contributed by atoms with Crippen molar-refractivity contribution < 1.29 is 9.53 Å². The monoisotopic (exact) mass is 254 g/mol. The summed E-state index contributed by atoms with van der Waals surface area (Å²) >= 11 is 0. The molecule has 2 unspecified atom stereocenters. The normalized spacial score (nSPS) is 29.2. The highest BCUT2D eigenvalue weighted by Crippen LogP contribution is 2.54. The zero-order chi connectivity index (χ0) is 13.0. The van der Waals surface area contributed by atoms with Crippen LogP contribution < -0.4 is 10.6 Å². The van der Waals surface area contributed by atoms with Crippen LogP contribution >= 0.6 is 0 Å². The largest absolute Gasteiger partial charge is 0.378 e. The van der Waals surface area contributed by atoms with Crippen LogP contribution in [-0.4, -0.2) is 38.3 Å². The lowest BCUT2D eigenvalue weighted by Gasteiger charge is -2.54. The molecule has 2 rings (SSSR count). The molecule has 2 aliphatic carbocycles. The lowest BCUT2D eigenvalue weighted by Crippen LogP contribution is -2.63. The number of carbonyl (C=O) groups is 1. The molecule has 0 heterocycles. The fourth-order valence-corrected chi connectivity index (χ4v) is 3.59. The van der Waals surface area contributed by atoms with Gasteiger partial charge in [0, 0.05) is 31.0 Å². The second-order valence-electron chi connectivity index (χ2n) is 5.59. The van der Waals surface area contributed by atoms with Crippen molar-refractivity contribution in [2.24, 2.45) is 5.41 Å². The predicted molar refractivity (Wildman–Crippen MR) is 71.4 cm³/mol. The van der Waals surface area contributed by atoms with Gasteiger partial charge in [0.05, 0.1) is 6.10 Å². The van der Waals surface area contributed by atoms with Crippen LogP contribution in [0.25, 0.3) is 0 Å². The van der Waals surface area contributed by atoms with Crippen molar-refractivity contribution in [2.45, 2.75) is 57.6 Å². The summed E-state index contributed by atoms with van der Waals surface area (Å²) in [6, 6.07) is 0.348. The summed E-state index contributed by atoms with van der Waals surface area (Å²) in [5, 5.41) is 6.23. The molecule has 2 N–H and O–H groups in total. The molecule has 2 saturated carbocycles. The van der Waals surface area contributed by atoms with Gasteiger partial charge in [0.25, 0.3) is 0 Å². The highest BCUT2D eigenvalue weighted by molar-refractivity contribution is 5.76. The van der Waals surface area contributed by atoms with E-state index in [-0.39, 0.29) is 11.3 Å². The van der Waals surface area contributed by atoms with E-state index in [1.54, 1.807) is 0 Å². The average molecular weight is 254 g/mol. The van der Waals surface area contributed by atoms with Crippen LogP contribution in [0.4, 0.5) is 0 Å². The Balaban J connectivity index is 1.88. The molecule has 0 radical (unpaired) electrons. The minimum atomic E-state index is 0.176. The maximum atomic E-state index is 11.8. The Hall–Kier alpha value is -0.610. The second kappa shape index (κ2) is 6.02. The van der Waals surface area contributed by atoms with Crippen molar-refractivity contribution in [2.75, 3.05) is 20.2 Å². The quantitative estimate of drug-likeness (QED) is 0.754. The fourth-order valence-electron chi connectivity index (χ4n) is 3.59. The molecule has 0 aromatic rings. The van der Waals surface area contributed by atoms with Gasteiger partial charge in [0.15, 0.2) is 0 Å². The molecule has 0 aromatic carbocycles. The molecular formula is C14H26N2O2. The Morgan fingerprint density at radius 1 is 1.39 bits per heavy atom. The van der Waals surface area contributed by atoms with Crippen LogP contribution in [0.3, 0.4) is 0 Å². The zero-order valence-electron chi connectivity index (χ0n) is 11.6. The smallest absolute Gasteiger partial charge is 0.221 e. The molecule has 2 aliphatic rings. The molecular weight excluding hydrogens is 228 g/mol. The second-order valence-corrected chi connectivity index (χ2v) is 5.59. The zero-order valence-corrected chi connectivity index (χ0v) is 11.6. The molecule has 0 aliphatic heterocycles. The first kappa shape index (κ1) is 13.8. The number of hydrogen-bond acceptors (Lipinski definition) is 3. The van der Waals surface area contributed by atoms with Crippen LogP contribution in [0.2, 0.25) is 0 Å². The van der Waals surface area contributed by atoms with Gasteiger partial charge in [-0.25, -0.2) is 0 Å².